The Morgan fingerprint density at radius 2 is 1.83 bits per heavy atom. The van der Waals surface area contributed by atoms with Crippen LogP contribution in [0.1, 0.15) is 44.9 Å². The third kappa shape index (κ3) is 5.45. The van der Waals surface area contributed by atoms with Crippen molar-refractivity contribution in [3.8, 4) is 17.1 Å². The Kier molecular flexibility index (Phi) is 8.27. The number of anilines is 1. The second kappa shape index (κ2) is 12.4. The van der Waals surface area contributed by atoms with Crippen LogP contribution >= 0.6 is 11.6 Å². The molecule has 3 fully saturated rings. The van der Waals surface area contributed by atoms with Gasteiger partial charge in [0.05, 0.1) is 10.6 Å². The van der Waals surface area contributed by atoms with E-state index in [1.165, 1.54) is 11.0 Å². The molecule has 4 aromatic rings. The van der Waals surface area contributed by atoms with Crippen LogP contribution in [0.15, 0.2) is 54.9 Å². The van der Waals surface area contributed by atoms with Crippen molar-refractivity contribution < 1.29 is 22.7 Å². The maximum Gasteiger partial charge on any atom is 0.319 e. The first kappa shape index (κ1) is 30.7. The summed E-state index contributed by atoms with van der Waals surface area (Å²) >= 11 is 6.40. The topological polar surface area (TPSA) is 70.6 Å². The standard InChI is InChI=1S/C35H35ClF3N5O2/c1-21(37)33(45)44-18-3-2-8-23(44)19-40-32-26-12-11-25(24-9-4-7-22-10-13-27(38)29(36)28(22)24)30(39)31(26)41-34(42-32)46-20-35-14-5-16-43(35)17-6-15-35/h4,7,9-13,23H,1-3,5-6,8,14-20H2,(H,40,41,42)/t23-/m0/s1. The lowest BCUT2D eigenvalue weighted by molar-refractivity contribution is -0.131. The molecule has 1 N–H and O–H groups in total. The number of piperidine rings is 1. The number of hydrogen-bond donors (Lipinski definition) is 1. The lowest BCUT2D eigenvalue weighted by Crippen LogP contribution is -2.47. The summed E-state index contributed by atoms with van der Waals surface area (Å²) in [4.78, 5) is 25.8. The largest absolute Gasteiger partial charge is 0.461 e. The Morgan fingerprint density at radius 1 is 1.02 bits per heavy atom. The summed E-state index contributed by atoms with van der Waals surface area (Å²) in [5.41, 5.74) is 0.609. The van der Waals surface area contributed by atoms with Crippen LogP contribution in [0.2, 0.25) is 5.02 Å². The van der Waals surface area contributed by atoms with Gasteiger partial charge in [-0.2, -0.15) is 9.97 Å². The van der Waals surface area contributed by atoms with Gasteiger partial charge < -0.3 is 15.0 Å². The van der Waals surface area contributed by atoms with Crippen molar-refractivity contribution in [2.75, 3.05) is 38.1 Å². The average Bonchev–Trinajstić information content (AvgIpc) is 3.65. The Hall–Kier alpha value is -3.89. The summed E-state index contributed by atoms with van der Waals surface area (Å²) in [7, 11) is 0. The van der Waals surface area contributed by atoms with Crippen LogP contribution in [-0.4, -0.2) is 70.0 Å². The van der Waals surface area contributed by atoms with Crippen molar-refractivity contribution in [1.29, 1.82) is 0 Å². The number of halogens is 4. The van der Waals surface area contributed by atoms with Gasteiger partial charge in [-0.3, -0.25) is 9.69 Å². The van der Waals surface area contributed by atoms with E-state index in [1.807, 2.05) is 0 Å². The zero-order valence-corrected chi connectivity index (χ0v) is 26.2. The molecule has 0 aliphatic carbocycles. The molecule has 3 aromatic carbocycles. The van der Waals surface area contributed by atoms with E-state index in [-0.39, 0.29) is 40.2 Å². The molecule has 1 aromatic heterocycles. The molecule has 4 heterocycles. The molecule has 3 aliphatic heterocycles. The van der Waals surface area contributed by atoms with Gasteiger partial charge in [0.25, 0.3) is 5.91 Å². The fourth-order valence-electron chi connectivity index (χ4n) is 7.59. The number of amides is 1. The number of carbonyl (C=O) groups excluding carboxylic acids is 1. The minimum absolute atomic E-state index is 0.0369. The highest BCUT2D eigenvalue weighted by Crippen LogP contribution is 2.41. The quantitative estimate of drug-likeness (QED) is 0.198. The number of benzene rings is 3. The smallest absolute Gasteiger partial charge is 0.319 e. The fourth-order valence-corrected chi connectivity index (χ4v) is 7.87. The summed E-state index contributed by atoms with van der Waals surface area (Å²) < 4.78 is 51.3. The monoisotopic (exact) mass is 649 g/mol. The van der Waals surface area contributed by atoms with Gasteiger partial charge in [-0.1, -0.05) is 48.5 Å². The molecule has 1 amide bonds. The fraction of sp³-hybridized carbons (Fsp3) is 0.400. The van der Waals surface area contributed by atoms with Crippen molar-refractivity contribution >= 4 is 45.0 Å². The number of nitrogens with zero attached hydrogens (tertiary/aromatic N) is 4. The minimum Gasteiger partial charge on any atom is -0.461 e. The van der Waals surface area contributed by atoms with Gasteiger partial charge in [0.1, 0.15) is 23.8 Å². The normalized spacial score (nSPS) is 19.5. The van der Waals surface area contributed by atoms with E-state index >= 15 is 4.39 Å². The van der Waals surface area contributed by atoms with E-state index < -0.39 is 23.4 Å². The predicted molar refractivity (Wildman–Crippen MR) is 174 cm³/mol. The molecule has 3 aliphatic rings. The molecule has 240 valence electrons. The van der Waals surface area contributed by atoms with E-state index in [4.69, 9.17) is 16.3 Å². The van der Waals surface area contributed by atoms with E-state index in [0.717, 1.165) is 51.6 Å². The summed E-state index contributed by atoms with van der Waals surface area (Å²) in [6, 6.07) is 11.2. The molecule has 0 spiro atoms. The molecule has 0 radical (unpaired) electrons. The summed E-state index contributed by atoms with van der Waals surface area (Å²) in [5, 5.41) is 4.72. The lowest BCUT2D eigenvalue weighted by Gasteiger charge is -2.35. The summed E-state index contributed by atoms with van der Waals surface area (Å²) in [6.07, 6.45) is 6.58. The van der Waals surface area contributed by atoms with Crippen LogP contribution in [0.3, 0.4) is 0 Å². The SMILES string of the molecule is C=C(F)C(=O)N1CCCC[C@H]1CNc1nc(OCC23CCCN2CCC3)nc2c(F)c(-c3cccc4ccc(F)c(Cl)c34)ccc12. The number of nitrogens with one attached hydrogen (secondary N) is 1. The summed E-state index contributed by atoms with van der Waals surface area (Å²) in [6.45, 7) is 6.34. The molecule has 1 atom stereocenters. The van der Waals surface area contributed by atoms with Crippen molar-refractivity contribution in [3.05, 3.63) is 71.5 Å². The van der Waals surface area contributed by atoms with Crippen LogP contribution in [-0.2, 0) is 4.79 Å². The van der Waals surface area contributed by atoms with Crippen molar-refractivity contribution in [2.45, 2.75) is 56.5 Å². The number of aromatic nitrogens is 2. The minimum atomic E-state index is -0.995. The van der Waals surface area contributed by atoms with Gasteiger partial charge in [-0.05, 0) is 81.1 Å². The van der Waals surface area contributed by atoms with Gasteiger partial charge in [-0.15, -0.1) is 0 Å². The molecule has 0 saturated carbocycles. The molecule has 0 bridgehead atoms. The number of fused-ring (bicyclic) bond motifs is 3. The molecule has 46 heavy (non-hydrogen) atoms. The van der Waals surface area contributed by atoms with Crippen molar-refractivity contribution in [3.63, 3.8) is 0 Å². The summed E-state index contributed by atoms with van der Waals surface area (Å²) in [5.74, 6) is -2.58. The highest BCUT2D eigenvalue weighted by atomic mass is 35.5. The van der Waals surface area contributed by atoms with E-state index in [1.54, 1.807) is 36.4 Å². The van der Waals surface area contributed by atoms with Gasteiger partial charge in [0, 0.05) is 35.5 Å². The first-order chi connectivity index (χ1) is 22.3. The van der Waals surface area contributed by atoms with Crippen LogP contribution < -0.4 is 10.1 Å². The number of rotatable bonds is 8. The van der Waals surface area contributed by atoms with Crippen LogP contribution in [0, 0.1) is 11.6 Å². The Bertz CT molecular complexity index is 1840. The highest BCUT2D eigenvalue weighted by Gasteiger charge is 2.45. The van der Waals surface area contributed by atoms with Gasteiger partial charge in [0.2, 0.25) is 0 Å². The molecule has 0 unspecified atom stereocenters. The molecular weight excluding hydrogens is 615 g/mol. The molecular formula is C35H35ClF3N5O2. The van der Waals surface area contributed by atoms with Gasteiger partial charge >= 0.3 is 6.01 Å². The predicted octanol–water partition coefficient (Wildman–Crippen LogP) is 7.67. The Balaban J connectivity index is 1.29. The second-order valence-electron chi connectivity index (χ2n) is 12.6. The molecule has 11 heteroatoms. The third-order valence-corrected chi connectivity index (χ3v) is 10.3. The van der Waals surface area contributed by atoms with E-state index in [2.05, 4.69) is 26.8 Å². The van der Waals surface area contributed by atoms with Gasteiger partial charge in [0.15, 0.2) is 11.6 Å². The van der Waals surface area contributed by atoms with Gasteiger partial charge in [-0.25, -0.2) is 13.2 Å². The second-order valence-corrected chi connectivity index (χ2v) is 13.0. The Labute approximate surface area is 270 Å². The maximum absolute atomic E-state index is 16.7. The van der Waals surface area contributed by atoms with Crippen molar-refractivity contribution in [2.24, 2.45) is 0 Å². The maximum atomic E-state index is 16.7. The molecule has 3 saturated heterocycles. The number of hydrogen-bond acceptors (Lipinski definition) is 6. The number of ether oxygens (including phenoxy) is 1. The Morgan fingerprint density at radius 3 is 2.61 bits per heavy atom. The van der Waals surface area contributed by atoms with Crippen LogP contribution in [0.25, 0.3) is 32.8 Å². The third-order valence-electron chi connectivity index (χ3n) is 9.92. The average molecular weight is 650 g/mol. The first-order valence-corrected chi connectivity index (χ1v) is 16.3. The van der Waals surface area contributed by atoms with E-state index in [0.29, 0.717) is 47.1 Å². The zero-order chi connectivity index (χ0) is 32.0. The van der Waals surface area contributed by atoms with Crippen LogP contribution in [0.5, 0.6) is 6.01 Å². The first-order valence-electron chi connectivity index (χ1n) is 15.9. The highest BCUT2D eigenvalue weighted by molar-refractivity contribution is 6.37. The van der Waals surface area contributed by atoms with E-state index in [9.17, 15) is 13.6 Å². The van der Waals surface area contributed by atoms with Crippen LogP contribution in [0.4, 0.5) is 19.0 Å². The molecule has 7 rings (SSSR count). The number of carbonyl (C=O) groups is 1. The van der Waals surface area contributed by atoms with Crippen molar-refractivity contribution in [1.82, 2.24) is 19.8 Å². The number of likely N-dealkylation sites (tertiary alicyclic amines) is 1. The molecule has 7 nitrogen and oxygen atoms in total. The zero-order valence-electron chi connectivity index (χ0n) is 25.4. The lowest BCUT2D eigenvalue weighted by atomic mass is 9.95.